The number of rotatable bonds is 13. The van der Waals surface area contributed by atoms with E-state index in [4.69, 9.17) is 23.8 Å². The van der Waals surface area contributed by atoms with Crippen LogP contribution in [0.15, 0.2) is 11.1 Å². The van der Waals surface area contributed by atoms with Crippen molar-refractivity contribution in [1.82, 2.24) is 24.2 Å². The number of hydrogen-bond donors (Lipinski definition) is 2. The number of aromatic amines is 1. The Bertz CT molecular complexity index is 1200. The van der Waals surface area contributed by atoms with E-state index < -0.39 is 32.5 Å². The summed E-state index contributed by atoms with van der Waals surface area (Å²) in [6.07, 6.45) is 0.185. The van der Waals surface area contributed by atoms with E-state index in [9.17, 15) is 9.59 Å². The van der Waals surface area contributed by atoms with E-state index in [0.717, 1.165) is 0 Å². The molecule has 1 fully saturated rings. The number of anilines is 1. The van der Waals surface area contributed by atoms with Crippen molar-refractivity contribution in [3.05, 3.63) is 16.7 Å². The number of ether oxygens (including phenoxy) is 2. The Morgan fingerprint density at radius 2 is 1.97 bits per heavy atom. The highest BCUT2D eigenvalue weighted by molar-refractivity contribution is 7.44. The number of nitrogens with zero attached hydrogens (tertiary/aromatic N) is 5. The monoisotopic (exact) mass is 565 g/mol. The van der Waals surface area contributed by atoms with Crippen LogP contribution in [-0.2, 0) is 23.3 Å². The first-order valence-electron chi connectivity index (χ1n) is 13.2. The number of methoxy groups -OCH3 is 1. The van der Waals surface area contributed by atoms with Gasteiger partial charge in [0.25, 0.3) is 14.1 Å². The Balaban J connectivity index is 1.98. The molecule has 2 aromatic heterocycles. The van der Waals surface area contributed by atoms with Crippen LogP contribution in [0.25, 0.3) is 11.2 Å². The Hall–Kier alpha value is -2.46. The van der Waals surface area contributed by atoms with Crippen molar-refractivity contribution < 1.29 is 23.3 Å². The lowest BCUT2D eigenvalue weighted by Crippen LogP contribution is -2.39. The molecule has 39 heavy (non-hydrogen) atoms. The van der Waals surface area contributed by atoms with Crippen molar-refractivity contribution in [2.75, 3.05) is 19.0 Å². The van der Waals surface area contributed by atoms with E-state index in [1.54, 1.807) is 25.5 Å². The second kappa shape index (κ2) is 13.7. The fourth-order valence-electron chi connectivity index (χ4n) is 4.47. The van der Waals surface area contributed by atoms with E-state index in [-0.39, 0.29) is 60.2 Å². The second-order valence-corrected chi connectivity index (χ2v) is 11.6. The third-order valence-corrected chi connectivity index (χ3v) is 8.43. The molecule has 0 spiro atoms. The Kier molecular flexibility index (Phi) is 11.0. The van der Waals surface area contributed by atoms with Gasteiger partial charge in [-0.25, -0.2) is 9.65 Å². The van der Waals surface area contributed by atoms with Crippen LogP contribution >= 0.6 is 8.53 Å². The molecule has 2 N–H and O–H groups in total. The predicted octanol–water partition coefficient (Wildman–Crippen LogP) is 3.70. The largest absolute Gasteiger partial charge is 0.374 e. The average Bonchev–Trinajstić information content (AvgIpc) is 3.44. The molecule has 1 saturated heterocycles. The van der Waals surface area contributed by atoms with Crippen LogP contribution in [0.2, 0.25) is 0 Å². The van der Waals surface area contributed by atoms with Crippen LogP contribution < -0.4 is 10.9 Å². The number of carbonyl (C=O) groups is 1. The van der Waals surface area contributed by atoms with E-state index in [0.29, 0.717) is 6.42 Å². The van der Waals surface area contributed by atoms with Gasteiger partial charge < -0.3 is 18.5 Å². The van der Waals surface area contributed by atoms with Gasteiger partial charge in [-0.3, -0.25) is 24.5 Å². The molecule has 2 aromatic rings. The summed E-state index contributed by atoms with van der Waals surface area (Å²) in [7, 11) is 0.0252. The number of fused-ring (bicyclic) bond motifs is 1. The zero-order valence-electron chi connectivity index (χ0n) is 23.9. The number of aromatic nitrogens is 4. The molecule has 0 bridgehead atoms. The summed E-state index contributed by atoms with van der Waals surface area (Å²) in [6.45, 7) is 14.0. The summed E-state index contributed by atoms with van der Waals surface area (Å²) >= 11 is 0. The molecule has 0 radical (unpaired) electrons. The molecule has 0 aromatic carbocycles. The van der Waals surface area contributed by atoms with Crippen LogP contribution in [0.5, 0.6) is 0 Å². The van der Waals surface area contributed by atoms with Gasteiger partial charge >= 0.3 is 0 Å². The molecule has 13 nitrogen and oxygen atoms in total. The third kappa shape index (κ3) is 7.01. The molecule has 0 aliphatic carbocycles. The van der Waals surface area contributed by atoms with Crippen molar-refractivity contribution in [1.29, 1.82) is 5.26 Å². The van der Waals surface area contributed by atoms with Crippen LogP contribution in [0, 0.1) is 17.2 Å². The van der Waals surface area contributed by atoms with E-state index in [1.807, 2.05) is 6.92 Å². The van der Waals surface area contributed by atoms with Gasteiger partial charge in [-0.2, -0.15) is 10.2 Å². The lowest BCUT2D eigenvalue weighted by atomic mass is 10.1. The number of nitriles is 1. The summed E-state index contributed by atoms with van der Waals surface area (Å²) in [5.74, 6) is -0.546. The van der Waals surface area contributed by atoms with Gasteiger partial charge in [-0.1, -0.05) is 20.8 Å². The molecule has 216 valence electrons. The standard InChI is InChI=1S/C25H40N7O6P/c1-9-17-19(38-39(36-12-10-11-26)32(15(4)5)16(6)7)20(35-8)24(37-17)31-13-27-18-21(31)28-25(30-23(18)34)29-22(33)14(2)3/h13-17,19-20,24H,9-10,12H2,1-8H3,(H2,28,29,30,33,34)/t17-,19-,20-,24-,39?/m1/s1. The average molecular weight is 566 g/mol. The van der Waals surface area contributed by atoms with Crippen molar-refractivity contribution >= 4 is 31.5 Å². The lowest BCUT2D eigenvalue weighted by Gasteiger charge is -2.38. The zero-order chi connectivity index (χ0) is 28.9. The summed E-state index contributed by atoms with van der Waals surface area (Å²) in [5, 5.41) is 11.7. The molecule has 3 rings (SSSR count). The van der Waals surface area contributed by atoms with Crippen molar-refractivity contribution in [3.63, 3.8) is 0 Å². The Morgan fingerprint density at radius 1 is 1.28 bits per heavy atom. The zero-order valence-corrected chi connectivity index (χ0v) is 24.8. The minimum absolute atomic E-state index is 0.0266. The van der Waals surface area contributed by atoms with Gasteiger partial charge in [-0.05, 0) is 34.1 Å². The molecule has 5 atom stereocenters. The Labute approximate surface area is 230 Å². The summed E-state index contributed by atoms with van der Waals surface area (Å²) < 4.78 is 28.9. The molecular formula is C25H40N7O6P. The minimum Gasteiger partial charge on any atom is -0.374 e. The number of amides is 1. The van der Waals surface area contributed by atoms with Crippen molar-refractivity contribution in [3.8, 4) is 6.07 Å². The van der Waals surface area contributed by atoms with E-state index >= 15 is 0 Å². The third-order valence-electron chi connectivity index (χ3n) is 6.31. The highest BCUT2D eigenvalue weighted by Crippen LogP contribution is 2.50. The second-order valence-electron chi connectivity index (χ2n) is 10.2. The molecule has 1 aliphatic heterocycles. The van der Waals surface area contributed by atoms with E-state index in [2.05, 4.69) is 58.7 Å². The normalized spacial score (nSPS) is 22.3. The number of H-pyrrole nitrogens is 1. The first kappa shape index (κ1) is 31.1. The van der Waals surface area contributed by atoms with Crippen LogP contribution in [-0.4, -0.2) is 74.2 Å². The smallest absolute Gasteiger partial charge is 0.280 e. The molecule has 0 saturated carbocycles. The summed E-state index contributed by atoms with van der Waals surface area (Å²) in [5.41, 5.74) is -0.122. The SMILES string of the molecule is CC[C@H]1O[C@@H](n2cnc3c(=O)[nH]c(NC(=O)C(C)C)nc32)[C@H](OC)[C@@H]1OP(OCCC#N)N(C(C)C)C(C)C. The number of hydrogen-bond acceptors (Lipinski definition) is 10. The highest BCUT2D eigenvalue weighted by atomic mass is 31.2. The van der Waals surface area contributed by atoms with Crippen LogP contribution in [0.3, 0.4) is 0 Å². The van der Waals surface area contributed by atoms with Gasteiger partial charge in [0, 0.05) is 25.1 Å². The van der Waals surface area contributed by atoms with Crippen molar-refractivity contribution in [2.24, 2.45) is 5.92 Å². The maximum Gasteiger partial charge on any atom is 0.280 e. The first-order chi connectivity index (χ1) is 18.5. The molecule has 3 heterocycles. The lowest BCUT2D eigenvalue weighted by molar-refractivity contribution is -0.118. The van der Waals surface area contributed by atoms with Gasteiger partial charge in [0.1, 0.15) is 12.2 Å². The predicted molar refractivity (Wildman–Crippen MR) is 147 cm³/mol. The fourth-order valence-corrected chi connectivity index (χ4v) is 6.24. The molecule has 14 heteroatoms. The maximum absolute atomic E-state index is 12.7. The number of nitrogens with one attached hydrogen (secondary N) is 2. The molecule has 1 amide bonds. The number of imidazole rings is 1. The summed E-state index contributed by atoms with van der Waals surface area (Å²) in [6, 6.07) is 2.37. The van der Waals surface area contributed by atoms with Gasteiger partial charge in [0.05, 0.1) is 31.5 Å². The van der Waals surface area contributed by atoms with Gasteiger partial charge in [-0.15, -0.1) is 0 Å². The fraction of sp³-hybridized carbons (Fsp3) is 0.720. The van der Waals surface area contributed by atoms with Crippen molar-refractivity contribution in [2.45, 2.75) is 97.9 Å². The maximum atomic E-state index is 12.7. The van der Waals surface area contributed by atoms with Gasteiger partial charge in [0.2, 0.25) is 11.9 Å². The highest BCUT2D eigenvalue weighted by Gasteiger charge is 2.49. The molecule has 1 aliphatic rings. The van der Waals surface area contributed by atoms with Crippen LogP contribution in [0.1, 0.15) is 67.5 Å². The number of carbonyl (C=O) groups excluding carboxylic acids is 1. The van der Waals surface area contributed by atoms with E-state index in [1.165, 1.54) is 6.33 Å². The summed E-state index contributed by atoms with van der Waals surface area (Å²) in [4.78, 5) is 36.2. The minimum atomic E-state index is -1.55. The van der Waals surface area contributed by atoms with Crippen LogP contribution in [0.4, 0.5) is 5.95 Å². The topological polar surface area (TPSA) is 157 Å². The van der Waals surface area contributed by atoms with Gasteiger partial charge in [0.15, 0.2) is 17.4 Å². The Morgan fingerprint density at radius 3 is 2.54 bits per heavy atom. The first-order valence-corrected chi connectivity index (χ1v) is 14.4. The quantitative estimate of drug-likeness (QED) is 0.271. The molecule has 1 unspecified atom stereocenters. The molecular weight excluding hydrogens is 525 g/mol.